The predicted octanol–water partition coefficient (Wildman–Crippen LogP) is 0.757. The molecule has 0 spiro atoms. The number of carbonyl (C=O) groups is 1. The van der Waals surface area contributed by atoms with Crippen LogP contribution in [0.4, 0.5) is 4.79 Å². The van der Waals surface area contributed by atoms with Gasteiger partial charge in [-0.1, -0.05) is 0 Å². The van der Waals surface area contributed by atoms with Gasteiger partial charge in [0.15, 0.2) is 0 Å². The minimum atomic E-state index is -0.549. The maximum atomic E-state index is 12.0. The SMILES string of the molecule is CC(C)(C)OC(=O)N1CC2C[C@@]1(CO)CO2. The second-order valence-corrected chi connectivity index (χ2v) is 5.61. The molecule has 2 bridgehead atoms. The summed E-state index contributed by atoms with van der Waals surface area (Å²) in [6, 6.07) is 0. The van der Waals surface area contributed by atoms with E-state index in [1.165, 1.54) is 0 Å². The number of fused-ring (bicyclic) bond motifs is 2. The average Bonchev–Trinajstić information content (AvgIpc) is 2.72. The molecule has 5 nitrogen and oxygen atoms in total. The Morgan fingerprint density at radius 1 is 1.62 bits per heavy atom. The Morgan fingerprint density at radius 3 is 2.81 bits per heavy atom. The lowest BCUT2D eigenvalue weighted by molar-refractivity contribution is -0.0476. The van der Waals surface area contributed by atoms with Crippen molar-refractivity contribution in [1.82, 2.24) is 4.90 Å². The van der Waals surface area contributed by atoms with E-state index in [1.54, 1.807) is 4.90 Å². The predicted molar refractivity (Wildman–Crippen MR) is 57.1 cm³/mol. The molecule has 1 unspecified atom stereocenters. The van der Waals surface area contributed by atoms with Crippen LogP contribution in [0.15, 0.2) is 0 Å². The van der Waals surface area contributed by atoms with E-state index >= 15 is 0 Å². The summed E-state index contributed by atoms with van der Waals surface area (Å²) in [6.07, 6.45) is 0.412. The summed E-state index contributed by atoms with van der Waals surface area (Å²) >= 11 is 0. The third-order valence-corrected chi connectivity index (χ3v) is 3.06. The van der Waals surface area contributed by atoms with Gasteiger partial charge in [0.05, 0.1) is 31.4 Å². The first kappa shape index (κ1) is 11.7. The number of morpholine rings is 1. The summed E-state index contributed by atoms with van der Waals surface area (Å²) in [7, 11) is 0. The van der Waals surface area contributed by atoms with Gasteiger partial charge in [-0.3, -0.25) is 4.90 Å². The highest BCUT2D eigenvalue weighted by molar-refractivity contribution is 5.70. The maximum Gasteiger partial charge on any atom is 0.411 e. The van der Waals surface area contributed by atoms with Crippen molar-refractivity contribution >= 4 is 6.09 Å². The Labute approximate surface area is 95.3 Å². The number of amides is 1. The highest BCUT2D eigenvalue weighted by Crippen LogP contribution is 2.38. The van der Waals surface area contributed by atoms with Crippen LogP contribution in [0.2, 0.25) is 0 Å². The Hall–Kier alpha value is -0.810. The highest BCUT2D eigenvalue weighted by Gasteiger charge is 2.54. The summed E-state index contributed by atoms with van der Waals surface area (Å²) in [5.74, 6) is 0. The van der Waals surface area contributed by atoms with Gasteiger partial charge < -0.3 is 14.6 Å². The molecule has 2 heterocycles. The van der Waals surface area contributed by atoms with Crippen LogP contribution < -0.4 is 0 Å². The number of ether oxygens (including phenoxy) is 2. The molecule has 0 aromatic heterocycles. The molecule has 2 fully saturated rings. The molecule has 0 aromatic rings. The molecule has 0 aliphatic carbocycles. The van der Waals surface area contributed by atoms with Crippen molar-refractivity contribution in [3.63, 3.8) is 0 Å². The van der Waals surface area contributed by atoms with Gasteiger partial charge >= 0.3 is 6.09 Å². The number of likely N-dealkylation sites (tertiary alicyclic amines) is 1. The van der Waals surface area contributed by atoms with E-state index < -0.39 is 11.1 Å². The van der Waals surface area contributed by atoms with Gasteiger partial charge in [-0.25, -0.2) is 4.79 Å². The van der Waals surface area contributed by atoms with Crippen molar-refractivity contribution in [2.24, 2.45) is 0 Å². The maximum absolute atomic E-state index is 12.0. The van der Waals surface area contributed by atoms with Crippen molar-refractivity contribution < 1.29 is 19.4 Å². The van der Waals surface area contributed by atoms with Crippen molar-refractivity contribution in [2.75, 3.05) is 19.8 Å². The van der Waals surface area contributed by atoms with E-state index in [2.05, 4.69) is 0 Å². The third kappa shape index (κ3) is 1.89. The normalized spacial score (nSPS) is 33.2. The quantitative estimate of drug-likeness (QED) is 0.721. The van der Waals surface area contributed by atoms with Crippen molar-refractivity contribution in [2.45, 2.75) is 44.4 Å². The Balaban J connectivity index is 2.08. The molecule has 0 aromatic carbocycles. The molecule has 2 atom stereocenters. The minimum absolute atomic E-state index is 0.0552. The first-order valence-electron chi connectivity index (χ1n) is 5.59. The zero-order valence-electron chi connectivity index (χ0n) is 10.0. The van der Waals surface area contributed by atoms with Gasteiger partial charge in [-0.05, 0) is 20.8 Å². The van der Waals surface area contributed by atoms with Crippen molar-refractivity contribution in [1.29, 1.82) is 0 Å². The summed E-state index contributed by atoms with van der Waals surface area (Å²) in [4.78, 5) is 13.6. The molecule has 0 saturated carbocycles. The summed E-state index contributed by atoms with van der Waals surface area (Å²) < 4.78 is 10.8. The molecule has 1 N–H and O–H groups in total. The summed E-state index contributed by atoms with van der Waals surface area (Å²) in [5, 5.41) is 9.43. The first-order chi connectivity index (χ1) is 7.36. The topological polar surface area (TPSA) is 59.0 Å². The van der Waals surface area contributed by atoms with E-state index in [0.717, 1.165) is 0 Å². The van der Waals surface area contributed by atoms with Gasteiger partial charge in [0.1, 0.15) is 5.60 Å². The molecule has 0 radical (unpaired) electrons. The highest BCUT2D eigenvalue weighted by atomic mass is 16.6. The minimum Gasteiger partial charge on any atom is -0.444 e. The molecule has 16 heavy (non-hydrogen) atoms. The van der Waals surface area contributed by atoms with Crippen LogP contribution in [-0.2, 0) is 9.47 Å². The largest absolute Gasteiger partial charge is 0.444 e. The molecule has 5 heteroatoms. The Bertz CT molecular complexity index is 299. The molecule has 2 aliphatic heterocycles. The van der Waals surface area contributed by atoms with Crippen molar-refractivity contribution in [3.05, 3.63) is 0 Å². The zero-order chi connectivity index (χ0) is 12.0. The van der Waals surface area contributed by atoms with E-state index in [4.69, 9.17) is 9.47 Å². The van der Waals surface area contributed by atoms with E-state index in [1.807, 2.05) is 20.8 Å². The Morgan fingerprint density at radius 2 is 2.31 bits per heavy atom. The molecular formula is C11H19NO4. The third-order valence-electron chi connectivity index (χ3n) is 3.06. The number of hydrogen-bond acceptors (Lipinski definition) is 4. The lowest BCUT2D eigenvalue weighted by Crippen LogP contribution is -2.55. The number of rotatable bonds is 1. The van der Waals surface area contributed by atoms with Crippen LogP contribution >= 0.6 is 0 Å². The molecule has 92 valence electrons. The average molecular weight is 229 g/mol. The lowest BCUT2D eigenvalue weighted by atomic mass is 10.0. The van der Waals surface area contributed by atoms with Gasteiger partial charge in [0.2, 0.25) is 0 Å². The molecule has 2 rings (SSSR count). The summed E-state index contributed by atoms with van der Waals surface area (Å²) in [5.41, 5.74) is -1.05. The fourth-order valence-corrected chi connectivity index (χ4v) is 2.30. The smallest absolute Gasteiger partial charge is 0.411 e. The van der Waals surface area contributed by atoms with Crippen LogP contribution in [0, 0.1) is 0 Å². The fraction of sp³-hybridized carbons (Fsp3) is 0.909. The standard InChI is InChI=1S/C11H19NO4/c1-10(2,3)16-9(14)12-5-8-4-11(12,6-13)7-15-8/h8,13H,4-7H2,1-3H3/t8?,11-/m1/s1. The van der Waals surface area contributed by atoms with Crippen LogP contribution in [0.1, 0.15) is 27.2 Å². The number of aliphatic hydroxyl groups excluding tert-OH is 1. The van der Waals surface area contributed by atoms with Crippen LogP contribution in [-0.4, -0.2) is 53.1 Å². The molecule has 2 saturated heterocycles. The summed E-state index contributed by atoms with van der Waals surface area (Å²) in [6.45, 7) is 6.37. The number of carbonyl (C=O) groups excluding carboxylic acids is 1. The van der Waals surface area contributed by atoms with E-state index in [-0.39, 0.29) is 18.8 Å². The number of nitrogens with zero attached hydrogens (tertiary/aromatic N) is 1. The molecule has 1 amide bonds. The second-order valence-electron chi connectivity index (χ2n) is 5.61. The Kier molecular flexibility index (Phi) is 2.62. The molecule has 2 aliphatic rings. The number of aliphatic hydroxyl groups is 1. The number of hydrogen-bond donors (Lipinski definition) is 1. The van der Waals surface area contributed by atoms with Gasteiger partial charge in [0, 0.05) is 6.42 Å². The van der Waals surface area contributed by atoms with Crippen LogP contribution in [0.25, 0.3) is 0 Å². The van der Waals surface area contributed by atoms with Crippen molar-refractivity contribution in [3.8, 4) is 0 Å². The monoisotopic (exact) mass is 229 g/mol. The van der Waals surface area contributed by atoms with Gasteiger partial charge in [-0.15, -0.1) is 0 Å². The van der Waals surface area contributed by atoms with Gasteiger partial charge in [-0.2, -0.15) is 0 Å². The van der Waals surface area contributed by atoms with E-state index in [0.29, 0.717) is 19.6 Å². The van der Waals surface area contributed by atoms with E-state index in [9.17, 15) is 9.90 Å². The zero-order valence-corrected chi connectivity index (χ0v) is 10.0. The van der Waals surface area contributed by atoms with Crippen LogP contribution in [0.5, 0.6) is 0 Å². The fourth-order valence-electron chi connectivity index (χ4n) is 2.30. The second kappa shape index (κ2) is 3.60. The van der Waals surface area contributed by atoms with Gasteiger partial charge in [0.25, 0.3) is 0 Å². The first-order valence-corrected chi connectivity index (χ1v) is 5.59. The van der Waals surface area contributed by atoms with Crippen LogP contribution in [0.3, 0.4) is 0 Å². The lowest BCUT2D eigenvalue weighted by Gasteiger charge is -2.37. The molecular weight excluding hydrogens is 210 g/mol.